The van der Waals surface area contributed by atoms with Crippen LogP contribution in [0, 0.1) is 5.92 Å². The number of amides is 1. The Morgan fingerprint density at radius 2 is 2.32 bits per heavy atom. The average Bonchev–Trinajstić information content (AvgIpc) is 3.00. The minimum Gasteiger partial charge on any atom is -0.396 e. The number of aromatic amines is 1. The van der Waals surface area contributed by atoms with E-state index in [1.54, 1.807) is 12.1 Å². The lowest BCUT2D eigenvalue weighted by Gasteiger charge is -2.14. The molecule has 2 rings (SSSR count). The van der Waals surface area contributed by atoms with Crippen molar-refractivity contribution in [3.05, 3.63) is 41.0 Å². The molecule has 1 aromatic heterocycles. The first kappa shape index (κ1) is 16.5. The number of carbonyl (C=O) groups excluding carboxylic acids is 1. The van der Waals surface area contributed by atoms with Crippen molar-refractivity contribution in [1.82, 2.24) is 15.5 Å². The molecule has 0 aliphatic heterocycles. The fourth-order valence-corrected chi connectivity index (χ4v) is 2.48. The molecule has 1 aromatic carbocycles. The average molecular weight is 322 g/mol. The Hall–Kier alpha value is -1.85. The normalized spacial score (nSPS) is 12.1. The minimum atomic E-state index is -0.180. The van der Waals surface area contributed by atoms with Gasteiger partial charge in [0, 0.05) is 23.7 Å². The third-order valence-corrected chi connectivity index (χ3v) is 3.90. The lowest BCUT2D eigenvalue weighted by molar-refractivity contribution is 0.0944. The van der Waals surface area contributed by atoms with Crippen LogP contribution in [0.2, 0.25) is 5.02 Å². The Balaban J connectivity index is 2.10. The molecule has 1 amide bonds. The molecular formula is C16H20ClN3O2. The first-order valence-corrected chi connectivity index (χ1v) is 7.71. The molecule has 6 heteroatoms. The van der Waals surface area contributed by atoms with Gasteiger partial charge in [-0.25, -0.2) is 0 Å². The Labute approximate surface area is 134 Å². The van der Waals surface area contributed by atoms with Gasteiger partial charge in [-0.2, -0.15) is 5.10 Å². The zero-order valence-corrected chi connectivity index (χ0v) is 13.2. The van der Waals surface area contributed by atoms with Crippen molar-refractivity contribution < 1.29 is 9.90 Å². The highest BCUT2D eigenvalue weighted by Gasteiger charge is 2.16. The third-order valence-electron chi connectivity index (χ3n) is 3.66. The van der Waals surface area contributed by atoms with E-state index in [-0.39, 0.29) is 18.4 Å². The number of benzene rings is 1. The maximum absolute atomic E-state index is 12.3. The van der Waals surface area contributed by atoms with Crippen molar-refractivity contribution in [1.29, 1.82) is 0 Å². The molecule has 3 N–H and O–H groups in total. The standard InChI is InChI=1S/C16H20ClN3O2/c1-2-11(6-7-21)9-18-16(22)14-10-19-20-15(14)12-4-3-5-13(17)8-12/h3-5,8,10-11,21H,2,6-7,9H2,1H3,(H,18,22)(H,19,20). The van der Waals surface area contributed by atoms with Crippen molar-refractivity contribution in [3.63, 3.8) is 0 Å². The zero-order valence-electron chi connectivity index (χ0n) is 12.5. The van der Waals surface area contributed by atoms with Gasteiger partial charge in [-0.1, -0.05) is 37.1 Å². The van der Waals surface area contributed by atoms with E-state index in [1.165, 1.54) is 6.20 Å². The molecule has 0 aliphatic carbocycles. The van der Waals surface area contributed by atoms with Crippen molar-refractivity contribution in [2.45, 2.75) is 19.8 Å². The van der Waals surface area contributed by atoms with Gasteiger partial charge in [0.05, 0.1) is 17.5 Å². The van der Waals surface area contributed by atoms with E-state index in [4.69, 9.17) is 16.7 Å². The number of nitrogens with one attached hydrogen (secondary N) is 2. The molecule has 1 atom stereocenters. The van der Waals surface area contributed by atoms with Gasteiger partial charge in [0.1, 0.15) is 0 Å². The van der Waals surface area contributed by atoms with Gasteiger partial charge in [0.25, 0.3) is 5.91 Å². The van der Waals surface area contributed by atoms with Gasteiger partial charge in [-0.3, -0.25) is 9.89 Å². The van der Waals surface area contributed by atoms with E-state index in [0.29, 0.717) is 29.2 Å². The lowest BCUT2D eigenvalue weighted by atomic mass is 10.0. The molecule has 0 spiro atoms. The van der Waals surface area contributed by atoms with E-state index in [2.05, 4.69) is 15.5 Å². The summed E-state index contributed by atoms with van der Waals surface area (Å²) in [5, 5.41) is 19.3. The summed E-state index contributed by atoms with van der Waals surface area (Å²) in [6, 6.07) is 7.26. The smallest absolute Gasteiger partial charge is 0.255 e. The number of aliphatic hydroxyl groups excluding tert-OH is 1. The third kappa shape index (κ3) is 4.08. The highest BCUT2D eigenvalue weighted by molar-refractivity contribution is 6.30. The summed E-state index contributed by atoms with van der Waals surface area (Å²) in [5.41, 5.74) is 1.95. The van der Waals surface area contributed by atoms with E-state index >= 15 is 0 Å². The van der Waals surface area contributed by atoms with E-state index < -0.39 is 0 Å². The monoisotopic (exact) mass is 321 g/mol. The van der Waals surface area contributed by atoms with Crippen molar-refractivity contribution >= 4 is 17.5 Å². The van der Waals surface area contributed by atoms with E-state index in [0.717, 1.165) is 12.0 Å². The first-order chi connectivity index (χ1) is 10.7. The van der Waals surface area contributed by atoms with Gasteiger partial charge >= 0.3 is 0 Å². The molecule has 0 saturated heterocycles. The molecule has 0 radical (unpaired) electrons. The molecule has 0 bridgehead atoms. The second-order valence-electron chi connectivity index (χ2n) is 5.17. The fourth-order valence-electron chi connectivity index (χ4n) is 2.29. The molecular weight excluding hydrogens is 302 g/mol. The van der Waals surface area contributed by atoms with Gasteiger partial charge in [0.2, 0.25) is 0 Å². The second kappa shape index (κ2) is 7.96. The number of rotatable bonds is 7. The Morgan fingerprint density at radius 3 is 3.00 bits per heavy atom. The predicted molar refractivity (Wildman–Crippen MR) is 86.9 cm³/mol. The van der Waals surface area contributed by atoms with Crippen LogP contribution >= 0.6 is 11.6 Å². The summed E-state index contributed by atoms with van der Waals surface area (Å²) in [5.74, 6) is 0.0931. The quantitative estimate of drug-likeness (QED) is 0.733. The summed E-state index contributed by atoms with van der Waals surface area (Å²) in [6.07, 6.45) is 3.11. The number of hydrogen-bond acceptors (Lipinski definition) is 3. The molecule has 0 aliphatic rings. The fraction of sp³-hybridized carbons (Fsp3) is 0.375. The highest BCUT2D eigenvalue weighted by atomic mass is 35.5. The number of carbonyl (C=O) groups is 1. The molecule has 0 saturated carbocycles. The minimum absolute atomic E-state index is 0.133. The van der Waals surface area contributed by atoms with Crippen molar-refractivity contribution in [2.24, 2.45) is 5.92 Å². The molecule has 118 valence electrons. The van der Waals surface area contributed by atoms with Crippen molar-refractivity contribution in [2.75, 3.05) is 13.2 Å². The van der Waals surface area contributed by atoms with Crippen molar-refractivity contribution in [3.8, 4) is 11.3 Å². The molecule has 1 unspecified atom stereocenters. The van der Waals surface area contributed by atoms with Crippen LogP contribution in [0.15, 0.2) is 30.5 Å². The molecule has 5 nitrogen and oxygen atoms in total. The molecule has 1 heterocycles. The van der Waals surface area contributed by atoms with Gasteiger partial charge in [-0.15, -0.1) is 0 Å². The summed E-state index contributed by atoms with van der Waals surface area (Å²) in [4.78, 5) is 12.3. The van der Waals surface area contributed by atoms with Gasteiger partial charge < -0.3 is 10.4 Å². The molecule has 0 fully saturated rings. The largest absolute Gasteiger partial charge is 0.396 e. The number of H-pyrrole nitrogens is 1. The van der Waals surface area contributed by atoms with Crippen LogP contribution in [-0.4, -0.2) is 34.4 Å². The summed E-state index contributed by atoms with van der Waals surface area (Å²) >= 11 is 5.99. The van der Waals surface area contributed by atoms with Crippen LogP contribution in [0.25, 0.3) is 11.3 Å². The van der Waals surface area contributed by atoms with Crippen LogP contribution in [0.5, 0.6) is 0 Å². The van der Waals surface area contributed by atoms with Crippen LogP contribution in [0.4, 0.5) is 0 Å². The number of hydrogen-bond donors (Lipinski definition) is 3. The van der Waals surface area contributed by atoms with Gasteiger partial charge in [-0.05, 0) is 24.5 Å². The number of halogens is 1. The van der Waals surface area contributed by atoms with Gasteiger partial charge in [0.15, 0.2) is 0 Å². The highest BCUT2D eigenvalue weighted by Crippen LogP contribution is 2.24. The van der Waals surface area contributed by atoms with E-state index in [9.17, 15) is 4.79 Å². The second-order valence-corrected chi connectivity index (χ2v) is 5.60. The van der Waals surface area contributed by atoms with Crippen LogP contribution in [-0.2, 0) is 0 Å². The van der Waals surface area contributed by atoms with Crippen LogP contribution in [0.1, 0.15) is 30.1 Å². The van der Waals surface area contributed by atoms with Crippen LogP contribution < -0.4 is 5.32 Å². The topological polar surface area (TPSA) is 78.0 Å². The predicted octanol–water partition coefficient (Wildman–Crippen LogP) is 2.87. The number of nitrogens with zero attached hydrogens (tertiary/aromatic N) is 1. The number of aliphatic hydroxyl groups is 1. The lowest BCUT2D eigenvalue weighted by Crippen LogP contribution is -2.29. The van der Waals surface area contributed by atoms with E-state index in [1.807, 2.05) is 19.1 Å². The molecule has 22 heavy (non-hydrogen) atoms. The maximum Gasteiger partial charge on any atom is 0.255 e. The Morgan fingerprint density at radius 1 is 1.50 bits per heavy atom. The SMILES string of the molecule is CCC(CCO)CNC(=O)c1cn[nH]c1-c1cccc(Cl)c1. The zero-order chi connectivity index (χ0) is 15.9. The summed E-state index contributed by atoms with van der Waals surface area (Å²) in [7, 11) is 0. The number of aromatic nitrogens is 2. The maximum atomic E-state index is 12.3. The summed E-state index contributed by atoms with van der Waals surface area (Å²) in [6.45, 7) is 2.71. The Bertz CT molecular complexity index is 627. The van der Waals surface area contributed by atoms with Crippen LogP contribution in [0.3, 0.4) is 0 Å². The first-order valence-electron chi connectivity index (χ1n) is 7.34. The molecule has 2 aromatic rings. The summed E-state index contributed by atoms with van der Waals surface area (Å²) < 4.78 is 0. The Kier molecular flexibility index (Phi) is 5.98.